The second kappa shape index (κ2) is 4.63. The Hall–Kier alpha value is -1.75. The predicted octanol–water partition coefficient (Wildman–Crippen LogP) is 0.608. The van der Waals surface area contributed by atoms with Crippen LogP contribution in [0.2, 0.25) is 0 Å². The number of methoxy groups -OCH3 is 1. The maximum absolute atomic E-state index is 12.0. The van der Waals surface area contributed by atoms with Gasteiger partial charge in [0.2, 0.25) is 0 Å². The molecule has 92 valence electrons. The third kappa shape index (κ3) is 2.34. The molecule has 0 aliphatic carbocycles. The second-order valence-corrected chi connectivity index (χ2v) is 4.08. The molecule has 1 amide bonds. The van der Waals surface area contributed by atoms with Crippen molar-refractivity contribution in [2.75, 3.05) is 20.2 Å². The Bertz CT molecular complexity index is 433. The van der Waals surface area contributed by atoms with Gasteiger partial charge >= 0.3 is 0 Å². The first-order chi connectivity index (χ1) is 8.11. The van der Waals surface area contributed by atoms with E-state index in [1.54, 1.807) is 17.0 Å². The van der Waals surface area contributed by atoms with E-state index in [-0.39, 0.29) is 11.7 Å². The predicted molar refractivity (Wildman–Crippen MR) is 61.2 cm³/mol. The van der Waals surface area contributed by atoms with Gasteiger partial charge < -0.3 is 19.8 Å². The molecule has 1 atom stereocenters. The number of nitrogens with zero attached hydrogens (tertiary/aromatic N) is 1. The number of benzene rings is 1. The molecule has 0 spiro atoms. The molecule has 5 nitrogen and oxygen atoms in total. The summed E-state index contributed by atoms with van der Waals surface area (Å²) < 4.78 is 4.91. The van der Waals surface area contributed by atoms with Crippen LogP contribution >= 0.6 is 0 Å². The molecule has 1 aromatic rings. The number of aromatic hydroxyl groups is 1. The molecule has 1 heterocycles. The number of likely N-dealkylation sites (tertiary alicyclic amines) is 1. The number of rotatable bonds is 2. The quantitative estimate of drug-likeness (QED) is 0.790. The number of hydrogen-bond donors (Lipinski definition) is 2. The maximum atomic E-state index is 12.0. The monoisotopic (exact) mass is 237 g/mol. The summed E-state index contributed by atoms with van der Waals surface area (Å²) in [5.74, 6) is 0.0978. The molecule has 1 saturated heterocycles. The third-order valence-corrected chi connectivity index (χ3v) is 2.88. The molecule has 0 bridgehead atoms. The zero-order valence-electron chi connectivity index (χ0n) is 9.59. The standard InChI is InChI=1S/C12H15NO4/c1-17-11-3-2-8(6-10(11)15)12(16)13-5-4-9(14)7-13/h2-3,6,9,14-15H,4-5,7H2,1H3/t9-/m1/s1. The topological polar surface area (TPSA) is 70.0 Å². The molecule has 17 heavy (non-hydrogen) atoms. The first-order valence-electron chi connectivity index (χ1n) is 5.46. The van der Waals surface area contributed by atoms with E-state index >= 15 is 0 Å². The molecule has 1 aromatic carbocycles. The van der Waals surface area contributed by atoms with Crippen molar-refractivity contribution in [3.05, 3.63) is 23.8 Å². The second-order valence-electron chi connectivity index (χ2n) is 4.08. The van der Waals surface area contributed by atoms with Crippen LogP contribution in [0.25, 0.3) is 0 Å². The minimum absolute atomic E-state index is 0.0573. The van der Waals surface area contributed by atoms with Crippen molar-refractivity contribution in [3.63, 3.8) is 0 Å². The number of ether oxygens (including phenoxy) is 1. The van der Waals surface area contributed by atoms with Gasteiger partial charge in [-0.05, 0) is 24.6 Å². The van der Waals surface area contributed by atoms with Gasteiger partial charge in [-0.25, -0.2) is 0 Å². The molecule has 0 saturated carbocycles. The summed E-state index contributed by atoms with van der Waals surface area (Å²) in [6.45, 7) is 0.901. The van der Waals surface area contributed by atoms with Crippen LogP contribution in [-0.4, -0.2) is 47.3 Å². The molecular formula is C12H15NO4. The van der Waals surface area contributed by atoms with E-state index in [0.29, 0.717) is 30.8 Å². The van der Waals surface area contributed by atoms with Gasteiger partial charge in [0, 0.05) is 18.7 Å². The van der Waals surface area contributed by atoms with Gasteiger partial charge in [-0.1, -0.05) is 0 Å². The van der Waals surface area contributed by atoms with Crippen LogP contribution in [-0.2, 0) is 0 Å². The Morgan fingerprint density at radius 3 is 2.82 bits per heavy atom. The van der Waals surface area contributed by atoms with Gasteiger partial charge in [-0.15, -0.1) is 0 Å². The van der Waals surface area contributed by atoms with E-state index in [1.807, 2.05) is 0 Å². The average molecular weight is 237 g/mol. The van der Waals surface area contributed by atoms with Crippen LogP contribution in [0.5, 0.6) is 11.5 Å². The van der Waals surface area contributed by atoms with Crippen LogP contribution in [0.4, 0.5) is 0 Å². The lowest BCUT2D eigenvalue weighted by Gasteiger charge is -2.16. The Kier molecular flexibility index (Phi) is 3.19. The molecule has 0 aromatic heterocycles. The van der Waals surface area contributed by atoms with Crippen molar-refractivity contribution in [2.24, 2.45) is 0 Å². The Balaban J connectivity index is 2.17. The Morgan fingerprint density at radius 2 is 2.29 bits per heavy atom. The Morgan fingerprint density at radius 1 is 1.53 bits per heavy atom. The fourth-order valence-corrected chi connectivity index (χ4v) is 1.93. The highest BCUT2D eigenvalue weighted by molar-refractivity contribution is 5.95. The average Bonchev–Trinajstić information content (AvgIpc) is 2.75. The summed E-state index contributed by atoms with van der Waals surface area (Å²) in [6, 6.07) is 4.53. The number of phenols is 1. The summed E-state index contributed by atoms with van der Waals surface area (Å²) in [4.78, 5) is 13.6. The van der Waals surface area contributed by atoms with Crippen molar-refractivity contribution in [1.82, 2.24) is 4.90 Å². The van der Waals surface area contributed by atoms with E-state index in [9.17, 15) is 15.0 Å². The summed E-state index contributed by atoms with van der Waals surface area (Å²) in [6.07, 6.45) is 0.166. The van der Waals surface area contributed by atoms with Crippen molar-refractivity contribution < 1.29 is 19.7 Å². The molecule has 0 unspecified atom stereocenters. The highest BCUT2D eigenvalue weighted by Gasteiger charge is 2.25. The van der Waals surface area contributed by atoms with Gasteiger partial charge in [-0.2, -0.15) is 0 Å². The summed E-state index contributed by atoms with van der Waals surface area (Å²) in [7, 11) is 1.45. The highest BCUT2D eigenvalue weighted by atomic mass is 16.5. The molecule has 1 fully saturated rings. The molecule has 1 aliphatic rings. The number of phenolic OH excluding ortho intramolecular Hbond substituents is 1. The van der Waals surface area contributed by atoms with Crippen molar-refractivity contribution in [2.45, 2.75) is 12.5 Å². The smallest absolute Gasteiger partial charge is 0.254 e. The maximum Gasteiger partial charge on any atom is 0.254 e. The van der Waals surface area contributed by atoms with Gasteiger partial charge in [0.05, 0.1) is 13.2 Å². The summed E-state index contributed by atoms with van der Waals surface area (Å²) >= 11 is 0. The van der Waals surface area contributed by atoms with Gasteiger partial charge in [0.1, 0.15) is 0 Å². The van der Waals surface area contributed by atoms with Crippen LogP contribution in [0.15, 0.2) is 18.2 Å². The van der Waals surface area contributed by atoms with Crippen molar-refractivity contribution in [3.8, 4) is 11.5 Å². The number of β-amino-alcohol motifs (C(OH)–C–C–N with tert-alkyl or cyclic N) is 1. The number of carbonyl (C=O) groups is 1. The van der Waals surface area contributed by atoms with E-state index in [0.717, 1.165) is 0 Å². The van der Waals surface area contributed by atoms with Crippen LogP contribution < -0.4 is 4.74 Å². The first-order valence-corrected chi connectivity index (χ1v) is 5.46. The molecule has 5 heteroatoms. The van der Waals surface area contributed by atoms with Crippen LogP contribution in [0.3, 0.4) is 0 Å². The Labute approximate surface area is 99.2 Å². The van der Waals surface area contributed by atoms with Crippen molar-refractivity contribution in [1.29, 1.82) is 0 Å². The normalized spacial score (nSPS) is 19.4. The number of aliphatic hydroxyl groups is 1. The zero-order chi connectivity index (χ0) is 12.4. The minimum atomic E-state index is -0.439. The largest absolute Gasteiger partial charge is 0.504 e. The van der Waals surface area contributed by atoms with Crippen LogP contribution in [0.1, 0.15) is 16.8 Å². The van der Waals surface area contributed by atoms with Gasteiger partial charge in [0.15, 0.2) is 11.5 Å². The molecule has 2 rings (SSSR count). The summed E-state index contributed by atoms with van der Waals surface area (Å²) in [5, 5.41) is 19.0. The third-order valence-electron chi connectivity index (χ3n) is 2.88. The molecule has 2 N–H and O–H groups in total. The van der Waals surface area contributed by atoms with E-state index in [4.69, 9.17) is 4.74 Å². The fraction of sp³-hybridized carbons (Fsp3) is 0.417. The van der Waals surface area contributed by atoms with E-state index in [1.165, 1.54) is 13.2 Å². The zero-order valence-corrected chi connectivity index (χ0v) is 9.59. The molecule has 0 radical (unpaired) electrons. The van der Waals surface area contributed by atoms with Gasteiger partial charge in [0.25, 0.3) is 5.91 Å². The lowest BCUT2D eigenvalue weighted by atomic mass is 10.2. The van der Waals surface area contributed by atoms with E-state index < -0.39 is 6.10 Å². The van der Waals surface area contributed by atoms with Crippen LogP contribution in [0, 0.1) is 0 Å². The number of carbonyl (C=O) groups excluding carboxylic acids is 1. The number of hydrogen-bond acceptors (Lipinski definition) is 4. The SMILES string of the molecule is COc1ccc(C(=O)N2CC[C@@H](O)C2)cc1O. The molecule has 1 aliphatic heterocycles. The fourth-order valence-electron chi connectivity index (χ4n) is 1.93. The van der Waals surface area contributed by atoms with E-state index in [2.05, 4.69) is 0 Å². The highest BCUT2D eigenvalue weighted by Crippen LogP contribution is 2.27. The lowest BCUT2D eigenvalue weighted by molar-refractivity contribution is 0.0764. The van der Waals surface area contributed by atoms with Crippen molar-refractivity contribution >= 4 is 5.91 Å². The molecular weight excluding hydrogens is 222 g/mol. The van der Waals surface area contributed by atoms with Gasteiger partial charge in [-0.3, -0.25) is 4.79 Å². The summed E-state index contributed by atoms with van der Waals surface area (Å²) in [5.41, 5.74) is 0.400. The minimum Gasteiger partial charge on any atom is -0.504 e. The number of amides is 1. The first kappa shape index (κ1) is 11.7. The number of aliphatic hydroxyl groups excluding tert-OH is 1. The lowest BCUT2D eigenvalue weighted by Crippen LogP contribution is -2.29.